The summed E-state index contributed by atoms with van der Waals surface area (Å²) < 4.78 is 6.38. The molecule has 0 spiro atoms. The number of hydrogen-bond acceptors (Lipinski definition) is 4. The van der Waals surface area contributed by atoms with E-state index in [-0.39, 0.29) is 5.91 Å². The van der Waals surface area contributed by atoms with Gasteiger partial charge in [-0.05, 0) is 51.7 Å². The average Bonchev–Trinajstić information content (AvgIpc) is 3.14. The predicted octanol–water partition coefficient (Wildman–Crippen LogP) is 2.44. The molecule has 0 aromatic heterocycles. The lowest BCUT2D eigenvalue weighted by Gasteiger charge is -2.39. The van der Waals surface area contributed by atoms with Crippen LogP contribution in [0.3, 0.4) is 0 Å². The predicted molar refractivity (Wildman–Crippen MR) is 105 cm³/mol. The average molecular weight is 360 g/mol. The Morgan fingerprint density at radius 3 is 2.50 bits per heavy atom. The van der Waals surface area contributed by atoms with E-state index in [1.54, 1.807) is 0 Å². The quantitative estimate of drug-likeness (QED) is 0.847. The minimum atomic E-state index is -0.724. The first-order valence-electron chi connectivity index (χ1n) is 10.1. The molecule has 26 heavy (non-hydrogen) atoms. The fourth-order valence-corrected chi connectivity index (χ4v) is 4.27. The number of benzene rings is 1. The minimum Gasteiger partial charge on any atom is -0.477 e. The van der Waals surface area contributed by atoms with Crippen molar-refractivity contribution in [3.8, 4) is 5.75 Å². The SMILES string of the molecule is CCN(CC)[C@@H]1CCN(C(=O)C2(Oc3ccc(C)cc3)CCNCC2)C1. The molecule has 3 rings (SSSR count). The summed E-state index contributed by atoms with van der Waals surface area (Å²) in [4.78, 5) is 18.0. The van der Waals surface area contributed by atoms with E-state index < -0.39 is 5.60 Å². The fourth-order valence-electron chi connectivity index (χ4n) is 4.27. The number of nitrogens with zero attached hydrogens (tertiary/aromatic N) is 2. The number of carbonyl (C=O) groups is 1. The van der Waals surface area contributed by atoms with Crippen molar-refractivity contribution in [2.75, 3.05) is 39.3 Å². The van der Waals surface area contributed by atoms with Gasteiger partial charge in [0.2, 0.25) is 0 Å². The lowest BCUT2D eigenvalue weighted by molar-refractivity contribution is -0.149. The summed E-state index contributed by atoms with van der Waals surface area (Å²) in [6.45, 7) is 11.9. The maximum Gasteiger partial charge on any atom is 0.266 e. The number of aryl methyl sites for hydroxylation is 1. The first kappa shape index (κ1) is 19.2. The maximum absolute atomic E-state index is 13.5. The molecule has 0 saturated carbocycles. The summed E-state index contributed by atoms with van der Waals surface area (Å²) in [5.41, 5.74) is 0.475. The third-order valence-corrected chi connectivity index (χ3v) is 5.91. The number of ether oxygens (including phenoxy) is 1. The largest absolute Gasteiger partial charge is 0.477 e. The van der Waals surface area contributed by atoms with Crippen LogP contribution in [-0.4, -0.2) is 66.6 Å². The molecule has 0 aliphatic carbocycles. The van der Waals surface area contributed by atoms with Crippen LogP contribution in [0.5, 0.6) is 5.75 Å². The molecule has 0 radical (unpaired) electrons. The third-order valence-electron chi connectivity index (χ3n) is 5.91. The van der Waals surface area contributed by atoms with Crippen LogP contribution in [0.4, 0.5) is 0 Å². The van der Waals surface area contributed by atoms with Gasteiger partial charge in [-0.15, -0.1) is 0 Å². The van der Waals surface area contributed by atoms with Gasteiger partial charge < -0.3 is 15.0 Å². The molecule has 1 N–H and O–H groups in total. The molecule has 1 atom stereocenters. The van der Waals surface area contributed by atoms with Crippen molar-refractivity contribution in [1.29, 1.82) is 0 Å². The molecule has 1 aromatic carbocycles. The zero-order valence-electron chi connectivity index (χ0n) is 16.5. The van der Waals surface area contributed by atoms with E-state index in [0.717, 1.165) is 64.3 Å². The molecule has 2 heterocycles. The highest BCUT2D eigenvalue weighted by atomic mass is 16.5. The molecule has 5 heteroatoms. The lowest BCUT2D eigenvalue weighted by Crippen LogP contribution is -2.57. The molecule has 1 amide bonds. The minimum absolute atomic E-state index is 0.175. The first-order valence-corrected chi connectivity index (χ1v) is 10.1. The Kier molecular flexibility index (Phi) is 6.20. The van der Waals surface area contributed by atoms with Crippen molar-refractivity contribution >= 4 is 5.91 Å². The molecule has 2 fully saturated rings. The highest BCUT2D eigenvalue weighted by Crippen LogP contribution is 2.31. The van der Waals surface area contributed by atoms with E-state index >= 15 is 0 Å². The number of carbonyl (C=O) groups excluding carboxylic acids is 1. The molecule has 1 aromatic rings. The Bertz CT molecular complexity index is 592. The molecule has 144 valence electrons. The van der Waals surface area contributed by atoms with Crippen molar-refractivity contribution in [3.05, 3.63) is 29.8 Å². The molecule has 2 aliphatic heterocycles. The second-order valence-electron chi connectivity index (χ2n) is 7.57. The summed E-state index contributed by atoms with van der Waals surface area (Å²) in [6.07, 6.45) is 2.52. The van der Waals surface area contributed by atoms with E-state index in [1.807, 2.05) is 29.2 Å². The van der Waals surface area contributed by atoms with E-state index in [9.17, 15) is 4.79 Å². The Balaban J connectivity index is 1.75. The van der Waals surface area contributed by atoms with Crippen molar-refractivity contribution in [3.63, 3.8) is 0 Å². The van der Waals surface area contributed by atoms with Crippen molar-refractivity contribution in [2.45, 2.75) is 51.7 Å². The van der Waals surface area contributed by atoms with Gasteiger partial charge in [0, 0.05) is 32.0 Å². The van der Waals surface area contributed by atoms with Crippen LogP contribution in [0.15, 0.2) is 24.3 Å². The Morgan fingerprint density at radius 1 is 1.23 bits per heavy atom. The van der Waals surface area contributed by atoms with E-state index in [0.29, 0.717) is 6.04 Å². The van der Waals surface area contributed by atoms with E-state index in [1.165, 1.54) is 5.56 Å². The second kappa shape index (κ2) is 8.40. The van der Waals surface area contributed by atoms with Gasteiger partial charge in [0.1, 0.15) is 5.75 Å². The molecule has 2 aliphatic rings. The zero-order chi connectivity index (χ0) is 18.6. The van der Waals surface area contributed by atoms with Crippen LogP contribution in [0.2, 0.25) is 0 Å². The topological polar surface area (TPSA) is 44.8 Å². The highest BCUT2D eigenvalue weighted by molar-refractivity contribution is 5.86. The van der Waals surface area contributed by atoms with Gasteiger partial charge in [0.25, 0.3) is 5.91 Å². The molecule has 0 unspecified atom stereocenters. The van der Waals surface area contributed by atoms with Gasteiger partial charge in [-0.25, -0.2) is 0 Å². The van der Waals surface area contributed by atoms with Crippen LogP contribution in [-0.2, 0) is 4.79 Å². The number of likely N-dealkylation sites (tertiary alicyclic amines) is 1. The zero-order valence-corrected chi connectivity index (χ0v) is 16.5. The monoisotopic (exact) mass is 359 g/mol. The fraction of sp³-hybridized carbons (Fsp3) is 0.667. The maximum atomic E-state index is 13.5. The number of likely N-dealkylation sites (N-methyl/N-ethyl adjacent to an activating group) is 1. The number of piperidine rings is 1. The van der Waals surface area contributed by atoms with E-state index in [2.05, 4.69) is 31.0 Å². The van der Waals surface area contributed by atoms with Crippen LogP contribution >= 0.6 is 0 Å². The summed E-state index contributed by atoms with van der Waals surface area (Å²) in [5.74, 6) is 0.972. The van der Waals surface area contributed by atoms with Gasteiger partial charge in [0.05, 0.1) is 0 Å². The van der Waals surface area contributed by atoms with Crippen molar-refractivity contribution < 1.29 is 9.53 Å². The Morgan fingerprint density at radius 2 is 1.88 bits per heavy atom. The second-order valence-corrected chi connectivity index (χ2v) is 7.57. The van der Waals surface area contributed by atoms with Crippen molar-refractivity contribution in [2.24, 2.45) is 0 Å². The number of nitrogens with one attached hydrogen (secondary N) is 1. The number of amides is 1. The summed E-state index contributed by atoms with van der Waals surface area (Å²) >= 11 is 0. The summed E-state index contributed by atoms with van der Waals surface area (Å²) in [5, 5.41) is 3.37. The number of hydrogen-bond donors (Lipinski definition) is 1. The van der Waals surface area contributed by atoms with Crippen LogP contribution < -0.4 is 10.1 Å². The summed E-state index contributed by atoms with van der Waals surface area (Å²) in [7, 11) is 0. The smallest absolute Gasteiger partial charge is 0.266 e. The summed E-state index contributed by atoms with van der Waals surface area (Å²) in [6, 6.07) is 8.53. The normalized spacial score (nSPS) is 22.6. The first-order chi connectivity index (χ1) is 12.6. The number of rotatable bonds is 6. The van der Waals surface area contributed by atoms with Crippen LogP contribution in [0.1, 0.15) is 38.7 Å². The third kappa shape index (κ3) is 4.04. The standard InChI is InChI=1S/C21H33N3O2/c1-4-23(5-2)18-10-15-24(16-18)20(25)21(11-13-22-14-12-21)26-19-8-6-17(3)7-9-19/h6-9,18,22H,4-5,10-16H2,1-3H3/t18-/m1/s1. The molecule has 2 saturated heterocycles. The van der Waals surface area contributed by atoms with Crippen LogP contribution in [0.25, 0.3) is 0 Å². The molecular weight excluding hydrogens is 326 g/mol. The van der Waals surface area contributed by atoms with Gasteiger partial charge in [-0.3, -0.25) is 9.69 Å². The molecular formula is C21H33N3O2. The van der Waals surface area contributed by atoms with Gasteiger partial charge in [-0.1, -0.05) is 31.5 Å². The van der Waals surface area contributed by atoms with Crippen molar-refractivity contribution in [1.82, 2.24) is 15.1 Å². The van der Waals surface area contributed by atoms with Gasteiger partial charge in [0.15, 0.2) is 5.60 Å². The van der Waals surface area contributed by atoms with Crippen LogP contribution in [0, 0.1) is 6.92 Å². The lowest BCUT2D eigenvalue weighted by atomic mass is 9.90. The van der Waals surface area contributed by atoms with E-state index in [4.69, 9.17) is 4.74 Å². The molecule has 5 nitrogen and oxygen atoms in total. The Hall–Kier alpha value is -1.59. The van der Waals surface area contributed by atoms with Gasteiger partial charge in [-0.2, -0.15) is 0 Å². The van der Waals surface area contributed by atoms with Gasteiger partial charge >= 0.3 is 0 Å². The Labute approximate surface area is 157 Å². The highest BCUT2D eigenvalue weighted by Gasteiger charge is 2.46. The molecule has 0 bridgehead atoms.